The van der Waals surface area contributed by atoms with Crippen molar-refractivity contribution in [1.29, 1.82) is 0 Å². The van der Waals surface area contributed by atoms with Gasteiger partial charge in [0.15, 0.2) is 4.32 Å². The zero-order valence-corrected chi connectivity index (χ0v) is 21.3. The molecule has 1 saturated heterocycles. The van der Waals surface area contributed by atoms with Crippen LogP contribution in [0.2, 0.25) is 0 Å². The second-order valence-electron chi connectivity index (χ2n) is 8.03. The SMILES string of the molecule is CCCCCCCCOc1ccc(/C=C2/SC(=S)N(Nc3ccc([N+](=O)[O-])cc3[N+](=O)[O-])C2=O)cc1. The maximum Gasteiger partial charge on any atom is 0.300 e. The molecule has 1 aliphatic heterocycles. The molecule has 0 unspecified atom stereocenters. The van der Waals surface area contributed by atoms with Crippen LogP contribution in [-0.2, 0) is 4.79 Å². The number of nitro benzene ring substituents is 2. The molecule has 36 heavy (non-hydrogen) atoms. The predicted octanol–water partition coefficient (Wildman–Crippen LogP) is 6.47. The van der Waals surface area contributed by atoms with Crippen LogP contribution in [0.4, 0.5) is 17.1 Å². The number of nitrogens with one attached hydrogen (secondary N) is 1. The summed E-state index contributed by atoms with van der Waals surface area (Å²) in [6.45, 7) is 2.85. The van der Waals surface area contributed by atoms with Crippen molar-refractivity contribution in [3.8, 4) is 5.75 Å². The van der Waals surface area contributed by atoms with Gasteiger partial charge in [0.05, 0.1) is 27.4 Å². The third-order valence-corrected chi connectivity index (χ3v) is 6.66. The highest BCUT2D eigenvalue weighted by Gasteiger charge is 2.34. The molecule has 10 nitrogen and oxygen atoms in total. The van der Waals surface area contributed by atoms with E-state index in [9.17, 15) is 25.0 Å². The molecule has 2 aromatic rings. The first-order valence-electron chi connectivity index (χ1n) is 11.5. The van der Waals surface area contributed by atoms with E-state index in [-0.39, 0.29) is 10.0 Å². The van der Waals surface area contributed by atoms with E-state index in [1.807, 2.05) is 24.3 Å². The minimum Gasteiger partial charge on any atom is -0.494 e. The second-order valence-corrected chi connectivity index (χ2v) is 9.71. The van der Waals surface area contributed by atoms with E-state index in [1.165, 1.54) is 31.7 Å². The zero-order chi connectivity index (χ0) is 26.1. The van der Waals surface area contributed by atoms with Gasteiger partial charge < -0.3 is 4.74 Å². The van der Waals surface area contributed by atoms with E-state index >= 15 is 0 Å². The van der Waals surface area contributed by atoms with Crippen molar-refractivity contribution in [3.05, 3.63) is 73.2 Å². The lowest BCUT2D eigenvalue weighted by atomic mass is 10.1. The molecule has 3 rings (SSSR count). The Kier molecular flexibility index (Phi) is 9.77. The highest BCUT2D eigenvalue weighted by atomic mass is 32.2. The van der Waals surface area contributed by atoms with Crippen molar-refractivity contribution in [2.24, 2.45) is 0 Å². The van der Waals surface area contributed by atoms with Gasteiger partial charge >= 0.3 is 5.69 Å². The Morgan fingerprint density at radius 1 is 1.03 bits per heavy atom. The van der Waals surface area contributed by atoms with Crippen molar-refractivity contribution in [1.82, 2.24) is 5.01 Å². The number of carbonyl (C=O) groups excluding carboxylic acids is 1. The lowest BCUT2D eigenvalue weighted by Crippen LogP contribution is -2.34. The molecule has 1 fully saturated rings. The number of nitrogens with zero attached hydrogens (tertiary/aromatic N) is 3. The van der Waals surface area contributed by atoms with Crippen LogP contribution in [0, 0.1) is 20.2 Å². The fourth-order valence-corrected chi connectivity index (χ4v) is 4.63. The lowest BCUT2D eigenvalue weighted by Gasteiger charge is -2.16. The quantitative estimate of drug-likeness (QED) is 0.102. The Labute approximate surface area is 218 Å². The number of rotatable bonds is 13. The summed E-state index contributed by atoms with van der Waals surface area (Å²) >= 11 is 6.31. The molecule has 190 valence electrons. The molecule has 1 aliphatic rings. The van der Waals surface area contributed by atoms with E-state index in [0.717, 1.165) is 53.1 Å². The molecule has 0 aromatic heterocycles. The summed E-state index contributed by atoms with van der Waals surface area (Å²) in [5.74, 6) is 0.265. The van der Waals surface area contributed by atoms with Crippen LogP contribution < -0.4 is 10.2 Å². The molecule has 2 aromatic carbocycles. The van der Waals surface area contributed by atoms with Gasteiger partial charge in [-0.1, -0.05) is 62.9 Å². The van der Waals surface area contributed by atoms with Gasteiger partial charge in [-0.2, -0.15) is 0 Å². The fraction of sp³-hybridized carbons (Fsp3) is 0.333. The van der Waals surface area contributed by atoms with Gasteiger partial charge in [-0.25, -0.2) is 5.01 Å². The molecule has 1 N–H and O–H groups in total. The lowest BCUT2D eigenvalue weighted by molar-refractivity contribution is -0.393. The van der Waals surface area contributed by atoms with Crippen LogP contribution in [0.1, 0.15) is 51.0 Å². The summed E-state index contributed by atoms with van der Waals surface area (Å²) in [5, 5.41) is 23.3. The smallest absolute Gasteiger partial charge is 0.300 e. The Hall–Kier alpha value is -3.51. The van der Waals surface area contributed by atoms with Crippen LogP contribution in [0.15, 0.2) is 47.4 Å². The number of hydrogen-bond donors (Lipinski definition) is 1. The summed E-state index contributed by atoms with van der Waals surface area (Å²) in [6.07, 6.45) is 8.81. The zero-order valence-electron chi connectivity index (χ0n) is 19.7. The van der Waals surface area contributed by atoms with Gasteiger partial charge in [0.25, 0.3) is 11.6 Å². The number of amides is 1. The van der Waals surface area contributed by atoms with E-state index < -0.39 is 27.1 Å². The molecule has 1 heterocycles. The number of benzene rings is 2. The van der Waals surface area contributed by atoms with Gasteiger partial charge in [-0.15, -0.1) is 0 Å². The third-order valence-electron chi connectivity index (χ3n) is 5.36. The third kappa shape index (κ3) is 7.25. The van der Waals surface area contributed by atoms with Gasteiger partial charge in [0.1, 0.15) is 11.4 Å². The first-order valence-corrected chi connectivity index (χ1v) is 12.7. The molecular formula is C24H26N4O6S2. The maximum atomic E-state index is 12.9. The number of non-ortho nitro benzene ring substituents is 1. The van der Waals surface area contributed by atoms with Crippen molar-refractivity contribution < 1.29 is 19.4 Å². The largest absolute Gasteiger partial charge is 0.494 e. The highest BCUT2D eigenvalue weighted by Crippen LogP contribution is 2.35. The Morgan fingerprint density at radius 3 is 2.39 bits per heavy atom. The van der Waals surface area contributed by atoms with Crippen molar-refractivity contribution in [2.75, 3.05) is 12.0 Å². The first kappa shape index (κ1) is 27.1. The number of hydrazine groups is 1. The van der Waals surface area contributed by atoms with Crippen molar-refractivity contribution >= 4 is 57.3 Å². The van der Waals surface area contributed by atoms with E-state index in [0.29, 0.717) is 11.5 Å². The Morgan fingerprint density at radius 2 is 1.72 bits per heavy atom. The number of anilines is 1. The number of thiocarbonyl (C=S) groups is 1. The molecule has 0 aliphatic carbocycles. The van der Waals surface area contributed by atoms with Crippen molar-refractivity contribution in [2.45, 2.75) is 45.4 Å². The highest BCUT2D eigenvalue weighted by molar-refractivity contribution is 8.26. The van der Waals surface area contributed by atoms with Gasteiger partial charge in [-0.05, 0) is 48.5 Å². The number of unbranched alkanes of at least 4 members (excludes halogenated alkanes) is 5. The monoisotopic (exact) mass is 530 g/mol. The number of hydrogen-bond acceptors (Lipinski definition) is 9. The second kappa shape index (κ2) is 13.0. The molecule has 1 amide bonds. The van der Waals surface area contributed by atoms with Crippen molar-refractivity contribution in [3.63, 3.8) is 0 Å². The van der Waals surface area contributed by atoms with Gasteiger partial charge in [0, 0.05) is 6.07 Å². The summed E-state index contributed by atoms with van der Waals surface area (Å²) < 4.78 is 5.93. The average Bonchev–Trinajstić information content (AvgIpc) is 3.11. The number of thioether (sulfide) groups is 1. The topological polar surface area (TPSA) is 128 Å². The van der Waals surface area contributed by atoms with Crippen LogP contribution in [-0.4, -0.2) is 31.7 Å². The van der Waals surface area contributed by atoms with Crippen LogP contribution in [0.3, 0.4) is 0 Å². The number of nitro groups is 2. The number of ether oxygens (including phenoxy) is 1. The van der Waals surface area contributed by atoms with E-state index in [1.54, 1.807) is 6.08 Å². The first-order chi connectivity index (χ1) is 17.3. The maximum absolute atomic E-state index is 12.9. The minimum atomic E-state index is -0.765. The van der Waals surface area contributed by atoms with Crippen LogP contribution >= 0.6 is 24.0 Å². The average molecular weight is 531 g/mol. The normalized spacial score (nSPS) is 14.4. The fourth-order valence-electron chi connectivity index (χ4n) is 3.45. The minimum absolute atomic E-state index is 0.0879. The Bertz CT molecular complexity index is 1170. The predicted molar refractivity (Wildman–Crippen MR) is 144 cm³/mol. The molecule has 0 spiro atoms. The van der Waals surface area contributed by atoms with Crippen LogP contribution in [0.5, 0.6) is 5.75 Å². The Balaban J connectivity index is 1.61. The summed E-state index contributed by atoms with van der Waals surface area (Å²) in [6, 6.07) is 10.4. The molecule has 0 atom stereocenters. The van der Waals surface area contributed by atoms with Crippen LogP contribution in [0.25, 0.3) is 6.08 Å². The van der Waals surface area contributed by atoms with Gasteiger partial charge in [0.2, 0.25) is 0 Å². The molecular weight excluding hydrogens is 504 g/mol. The molecule has 0 bridgehead atoms. The number of carbonyl (C=O) groups is 1. The van der Waals surface area contributed by atoms with E-state index in [2.05, 4.69) is 12.3 Å². The molecule has 12 heteroatoms. The summed E-state index contributed by atoms with van der Waals surface area (Å²) in [7, 11) is 0. The summed E-state index contributed by atoms with van der Waals surface area (Å²) in [5.41, 5.74) is 2.33. The van der Waals surface area contributed by atoms with E-state index in [4.69, 9.17) is 17.0 Å². The summed E-state index contributed by atoms with van der Waals surface area (Å²) in [4.78, 5) is 34.1. The van der Waals surface area contributed by atoms with Gasteiger partial charge in [-0.3, -0.25) is 30.4 Å². The molecule has 0 radical (unpaired) electrons. The molecule has 0 saturated carbocycles. The standard InChI is InChI=1S/C24H26N4O6S2/c1-2-3-4-5-6-7-14-34-19-11-8-17(9-12-19)15-22-23(29)26(24(35)36-22)25-20-13-10-18(27(30)31)16-21(20)28(32)33/h8-13,15-16,25H,2-7,14H2,1H3/b22-15+.